The van der Waals surface area contributed by atoms with Crippen LogP contribution in [0.25, 0.3) is 11.0 Å². The van der Waals surface area contributed by atoms with Gasteiger partial charge in [-0.2, -0.15) is 0 Å². The fraction of sp³-hybridized carbons (Fsp3) is 0.0714. The molecule has 0 aliphatic carbocycles. The second-order valence-corrected chi connectivity index (χ2v) is 6.61. The van der Waals surface area contributed by atoms with Crippen LogP contribution in [0.1, 0.15) is 5.56 Å². The number of nitro groups is 1. The van der Waals surface area contributed by atoms with Crippen molar-refractivity contribution in [2.75, 3.05) is 0 Å². The van der Waals surface area contributed by atoms with E-state index in [9.17, 15) is 18.5 Å². The highest BCUT2D eigenvalue weighted by atomic mass is 32.2. The average molecular weight is 317 g/mol. The highest BCUT2D eigenvalue weighted by molar-refractivity contribution is 7.90. The Bertz CT molecular complexity index is 975. The number of aromatic nitrogens is 2. The summed E-state index contributed by atoms with van der Waals surface area (Å²) in [6.45, 7) is 1.86. The van der Waals surface area contributed by atoms with Crippen LogP contribution < -0.4 is 0 Å². The number of hydrogen-bond donors (Lipinski definition) is 0. The molecule has 0 amide bonds. The summed E-state index contributed by atoms with van der Waals surface area (Å²) in [5.74, 6) is 0. The molecule has 0 aliphatic heterocycles. The van der Waals surface area contributed by atoms with Crippen molar-refractivity contribution in [3.05, 3.63) is 64.5 Å². The molecule has 0 saturated heterocycles. The number of fused-ring (bicyclic) bond motifs is 1. The summed E-state index contributed by atoms with van der Waals surface area (Å²) in [6.07, 6.45) is 2.39. The van der Waals surface area contributed by atoms with E-state index >= 15 is 0 Å². The summed E-state index contributed by atoms with van der Waals surface area (Å²) in [7, 11) is -3.79. The van der Waals surface area contributed by atoms with Crippen molar-refractivity contribution in [1.29, 1.82) is 0 Å². The Morgan fingerprint density at radius 3 is 2.50 bits per heavy atom. The Morgan fingerprint density at radius 2 is 1.86 bits per heavy atom. The quantitative estimate of drug-likeness (QED) is 0.546. The van der Waals surface area contributed by atoms with E-state index in [4.69, 9.17) is 0 Å². The molecule has 0 fully saturated rings. The van der Waals surface area contributed by atoms with Crippen LogP contribution in [0.2, 0.25) is 0 Å². The lowest BCUT2D eigenvalue weighted by Gasteiger charge is -2.07. The Labute approximate surface area is 126 Å². The van der Waals surface area contributed by atoms with Gasteiger partial charge >= 0.3 is 0 Å². The van der Waals surface area contributed by atoms with Crippen molar-refractivity contribution in [1.82, 2.24) is 8.96 Å². The molecule has 112 valence electrons. The van der Waals surface area contributed by atoms with Gasteiger partial charge in [-0.25, -0.2) is 17.4 Å². The first-order chi connectivity index (χ1) is 10.4. The molecule has 3 aromatic rings. The highest BCUT2D eigenvalue weighted by Crippen LogP contribution is 2.23. The topological polar surface area (TPSA) is 95.1 Å². The van der Waals surface area contributed by atoms with Crippen LogP contribution in [0.4, 0.5) is 5.69 Å². The number of hydrogen-bond acceptors (Lipinski definition) is 5. The lowest BCUT2D eigenvalue weighted by Crippen LogP contribution is -2.12. The summed E-state index contributed by atoms with van der Waals surface area (Å²) in [5, 5.41) is 11.1. The first-order valence-corrected chi connectivity index (χ1v) is 7.77. The van der Waals surface area contributed by atoms with Crippen LogP contribution in [-0.2, 0) is 10.0 Å². The maximum Gasteiger partial charge on any atom is 0.288 e. The number of pyridine rings is 1. The second-order valence-electron chi connectivity index (χ2n) is 4.79. The molecule has 0 unspecified atom stereocenters. The van der Waals surface area contributed by atoms with Gasteiger partial charge < -0.3 is 0 Å². The van der Waals surface area contributed by atoms with Gasteiger partial charge in [0.1, 0.15) is 6.20 Å². The van der Waals surface area contributed by atoms with E-state index in [1.807, 2.05) is 6.92 Å². The molecular formula is C14H11N3O4S. The molecular weight excluding hydrogens is 306 g/mol. The van der Waals surface area contributed by atoms with Crippen molar-refractivity contribution in [2.24, 2.45) is 0 Å². The van der Waals surface area contributed by atoms with E-state index in [0.29, 0.717) is 5.39 Å². The Balaban J connectivity index is 2.17. The maximum atomic E-state index is 12.6. The Kier molecular flexibility index (Phi) is 3.18. The smallest absolute Gasteiger partial charge is 0.258 e. The molecule has 22 heavy (non-hydrogen) atoms. The van der Waals surface area contributed by atoms with Crippen LogP contribution in [0.15, 0.2) is 53.7 Å². The third-order valence-electron chi connectivity index (χ3n) is 3.27. The van der Waals surface area contributed by atoms with E-state index in [1.165, 1.54) is 30.5 Å². The molecule has 8 heteroatoms. The summed E-state index contributed by atoms with van der Waals surface area (Å²) in [5.41, 5.74) is 0.925. The third-order valence-corrected chi connectivity index (χ3v) is 4.95. The first kappa shape index (κ1) is 14.2. The standard InChI is InChI=1S/C14H11N3O4S/c1-10-2-4-13(5-3-10)22(20,21)16-7-6-11-8-12(17(18)19)9-15-14(11)16/h2-9H,1H3. The van der Waals surface area contributed by atoms with Gasteiger partial charge in [0, 0.05) is 17.6 Å². The monoisotopic (exact) mass is 317 g/mol. The molecule has 2 aromatic heterocycles. The summed E-state index contributed by atoms with van der Waals surface area (Å²) >= 11 is 0. The largest absolute Gasteiger partial charge is 0.288 e. The number of benzene rings is 1. The zero-order valence-electron chi connectivity index (χ0n) is 11.5. The van der Waals surface area contributed by atoms with E-state index < -0.39 is 14.9 Å². The van der Waals surface area contributed by atoms with Crippen molar-refractivity contribution in [3.63, 3.8) is 0 Å². The van der Waals surface area contributed by atoms with Crippen molar-refractivity contribution < 1.29 is 13.3 Å². The predicted molar refractivity (Wildman–Crippen MR) is 80.2 cm³/mol. The zero-order valence-corrected chi connectivity index (χ0v) is 12.3. The van der Waals surface area contributed by atoms with Crippen LogP contribution in [0.3, 0.4) is 0 Å². The third kappa shape index (κ3) is 2.23. The Morgan fingerprint density at radius 1 is 1.18 bits per heavy atom. The number of rotatable bonds is 3. The van der Waals surface area contributed by atoms with Gasteiger partial charge in [0.2, 0.25) is 0 Å². The minimum Gasteiger partial charge on any atom is -0.258 e. The van der Waals surface area contributed by atoms with Crippen LogP contribution >= 0.6 is 0 Å². The molecule has 0 saturated carbocycles. The van der Waals surface area contributed by atoms with E-state index in [0.717, 1.165) is 15.7 Å². The van der Waals surface area contributed by atoms with Crippen LogP contribution in [0.5, 0.6) is 0 Å². The van der Waals surface area contributed by atoms with Gasteiger partial charge in [0.25, 0.3) is 15.7 Å². The summed E-state index contributed by atoms with van der Waals surface area (Å²) < 4.78 is 26.3. The first-order valence-electron chi connectivity index (χ1n) is 6.33. The lowest BCUT2D eigenvalue weighted by atomic mass is 10.2. The molecule has 1 aromatic carbocycles. The van der Waals surface area contributed by atoms with Gasteiger partial charge in [-0.3, -0.25) is 10.1 Å². The molecule has 0 atom stereocenters. The number of nitrogens with zero attached hydrogens (tertiary/aromatic N) is 3. The molecule has 3 rings (SSSR count). The van der Waals surface area contributed by atoms with Gasteiger partial charge in [0.05, 0.1) is 9.82 Å². The van der Waals surface area contributed by atoms with Crippen molar-refractivity contribution >= 4 is 26.7 Å². The molecule has 7 nitrogen and oxygen atoms in total. The normalized spacial score (nSPS) is 11.7. The summed E-state index contributed by atoms with van der Waals surface area (Å²) in [6, 6.07) is 9.22. The minimum atomic E-state index is -3.79. The Hall–Kier alpha value is -2.74. The maximum absolute atomic E-state index is 12.6. The lowest BCUT2D eigenvalue weighted by molar-refractivity contribution is -0.385. The van der Waals surface area contributed by atoms with Crippen LogP contribution in [-0.4, -0.2) is 22.3 Å². The molecule has 0 radical (unpaired) electrons. The van der Waals surface area contributed by atoms with Gasteiger partial charge in [0.15, 0.2) is 5.65 Å². The molecule has 0 spiro atoms. The van der Waals surface area contributed by atoms with E-state index in [-0.39, 0.29) is 16.2 Å². The molecule has 0 aliphatic rings. The van der Waals surface area contributed by atoms with E-state index in [1.54, 1.807) is 12.1 Å². The van der Waals surface area contributed by atoms with Gasteiger partial charge in [-0.05, 0) is 25.1 Å². The van der Waals surface area contributed by atoms with Crippen molar-refractivity contribution in [3.8, 4) is 0 Å². The fourth-order valence-corrected chi connectivity index (χ4v) is 3.41. The van der Waals surface area contributed by atoms with Crippen molar-refractivity contribution in [2.45, 2.75) is 11.8 Å². The predicted octanol–water partition coefficient (Wildman–Crippen LogP) is 2.49. The average Bonchev–Trinajstić information content (AvgIpc) is 2.91. The van der Waals surface area contributed by atoms with Gasteiger partial charge in [-0.15, -0.1) is 0 Å². The molecule has 0 N–H and O–H groups in total. The zero-order chi connectivity index (χ0) is 15.9. The van der Waals surface area contributed by atoms with Crippen LogP contribution in [0, 0.1) is 17.0 Å². The minimum absolute atomic E-state index is 0.135. The highest BCUT2D eigenvalue weighted by Gasteiger charge is 2.20. The summed E-state index contributed by atoms with van der Waals surface area (Å²) in [4.78, 5) is 14.2. The fourth-order valence-electron chi connectivity index (χ4n) is 2.11. The van der Waals surface area contributed by atoms with E-state index in [2.05, 4.69) is 4.98 Å². The molecule has 2 heterocycles. The van der Waals surface area contributed by atoms with Gasteiger partial charge in [-0.1, -0.05) is 17.7 Å². The second kappa shape index (κ2) is 4.92. The molecule has 0 bridgehead atoms. The SMILES string of the molecule is Cc1ccc(S(=O)(=O)n2ccc3cc([N+](=O)[O-])cnc32)cc1. The number of aryl methyl sites for hydroxylation is 1.